The van der Waals surface area contributed by atoms with Crippen molar-refractivity contribution in [2.45, 2.75) is 18.9 Å². The number of morpholine rings is 1. The number of nitrogens with two attached hydrogens (primary N) is 1. The van der Waals surface area contributed by atoms with E-state index in [-0.39, 0.29) is 30.7 Å². The van der Waals surface area contributed by atoms with E-state index in [1.807, 2.05) is 30.3 Å². The fourth-order valence-electron chi connectivity index (χ4n) is 2.43. The van der Waals surface area contributed by atoms with Crippen LogP contribution < -0.4 is 11.1 Å². The predicted molar refractivity (Wildman–Crippen MR) is 97.5 cm³/mol. The number of carbonyl (C=O) groups excluding carboxylic acids is 1. The van der Waals surface area contributed by atoms with E-state index in [9.17, 15) is 4.79 Å². The summed E-state index contributed by atoms with van der Waals surface area (Å²) in [6.45, 7) is 5.28. The average Bonchev–Trinajstić information content (AvgIpc) is 2.53. The number of benzene rings is 1. The number of carbonyl (C=O) groups is 1. The zero-order valence-electron chi connectivity index (χ0n) is 13.3. The van der Waals surface area contributed by atoms with Gasteiger partial charge in [-0.1, -0.05) is 30.3 Å². The fraction of sp³-hybridized carbons (Fsp3) is 0.562. The summed E-state index contributed by atoms with van der Waals surface area (Å²) in [6, 6.07) is 9.39. The summed E-state index contributed by atoms with van der Waals surface area (Å²) in [7, 11) is 0. The van der Waals surface area contributed by atoms with Gasteiger partial charge in [0.25, 0.3) is 0 Å². The van der Waals surface area contributed by atoms with Crippen molar-refractivity contribution in [3.8, 4) is 0 Å². The summed E-state index contributed by atoms with van der Waals surface area (Å²) in [5.41, 5.74) is 7.03. The Bertz CT molecular complexity index is 429. The van der Waals surface area contributed by atoms with Gasteiger partial charge in [-0.15, -0.1) is 24.8 Å². The summed E-state index contributed by atoms with van der Waals surface area (Å²) in [6.07, 6.45) is 1.53. The van der Waals surface area contributed by atoms with Gasteiger partial charge in [0.05, 0.1) is 19.3 Å². The number of hydrogen-bond donors (Lipinski definition) is 2. The third-order valence-corrected chi connectivity index (χ3v) is 3.69. The van der Waals surface area contributed by atoms with Gasteiger partial charge >= 0.3 is 0 Å². The van der Waals surface area contributed by atoms with E-state index >= 15 is 0 Å². The largest absolute Gasteiger partial charge is 0.379 e. The molecule has 0 aliphatic carbocycles. The minimum atomic E-state index is -0.476. The van der Waals surface area contributed by atoms with Crippen LogP contribution in [0.15, 0.2) is 30.3 Å². The van der Waals surface area contributed by atoms with Crippen LogP contribution in [0.1, 0.15) is 12.0 Å². The zero-order valence-corrected chi connectivity index (χ0v) is 14.9. The average molecular weight is 364 g/mol. The molecule has 3 N–H and O–H groups in total. The maximum atomic E-state index is 11.9. The Labute approximate surface area is 150 Å². The van der Waals surface area contributed by atoms with Gasteiger partial charge in [0.1, 0.15) is 0 Å². The van der Waals surface area contributed by atoms with Crippen molar-refractivity contribution < 1.29 is 9.53 Å². The van der Waals surface area contributed by atoms with Crippen molar-refractivity contribution in [2.75, 3.05) is 39.4 Å². The molecule has 1 aromatic carbocycles. The third-order valence-electron chi connectivity index (χ3n) is 3.69. The molecular formula is C16H27Cl2N3O2. The van der Waals surface area contributed by atoms with Gasteiger partial charge in [-0.25, -0.2) is 0 Å². The first kappa shape index (κ1) is 22.1. The smallest absolute Gasteiger partial charge is 0.237 e. The molecule has 7 heteroatoms. The highest BCUT2D eigenvalue weighted by Gasteiger charge is 2.14. The van der Waals surface area contributed by atoms with Crippen molar-refractivity contribution in [1.82, 2.24) is 10.2 Å². The predicted octanol–water partition coefficient (Wildman–Crippen LogP) is 1.24. The standard InChI is InChI=1S/C16H25N3O2.2ClH/c17-15(13-14-5-2-1-3-6-14)16(20)18-7-4-8-19-9-11-21-12-10-19;;/h1-3,5-6,15H,4,7-13,17H2,(H,18,20);2*1H/t15-;;/m1../s1. The Kier molecular flexibility index (Phi) is 12.1. The second-order valence-corrected chi connectivity index (χ2v) is 5.39. The molecule has 1 aliphatic rings. The first-order valence-corrected chi connectivity index (χ1v) is 7.63. The minimum absolute atomic E-state index is 0. The number of halogens is 2. The number of hydrogen-bond acceptors (Lipinski definition) is 4. The van der Waals surface area contributed by atoms with Gasteiger partial charge in [-0.3, -0.25) is 9.69 Å². The van der Waals surface area contributed by atoms with Gasteiger partial charge < -0.3 is 15.8 Å². The summed E-state index contributed by atoms with van der Waals surface area (Å²) >= 11 is 0. The maximum absolute atomic E-state index is 11.9. The van der Waals surface area contributed by atoms with Crippen molar-refractivity contribution in [1.29, 1.82) is 0 Å². The fourth-order valence-corrected chi connectivity index (χ4v) is 2.43. The van der Waals surface area contributed by atoms with Gasteiger partial charge in [-0.2, -0.15) is 0 Å². The van der Waals surface area contributed by atoms with Crippen LogP contribution >= 0.6 is 24.8 Å². The van der Waals surface area contributed by atoms with E-state index in [1.165, 1.54) is 0 Å². The van der Waals surface area contributed by atoms with E-state index in [4.69, 9.17) is 10.5 Å². The Morgan fingerprint density at radius 3 is 2.52 bits per heavy atom. The molecule has 0 saturated carbocycles. The lowest BCUT2D eigenvalue weighted by molar-refractivity contribution is -0.122. The third kappa shape index (κ3) is 8.53. The van der Waals surface area contributed by atoms with Crippen LogP contribution in [0.2, 0.25) is 0 Å². The molecular weight excluding hydrogens is 337 g/mol. The highest BCUT2D eigenvalue weighted by molar-refractivity contribution is 5.85. The zero-order chi connectivity index (χ0) is 14.9. The van der Waals surface area contributed by atoms with Gasteiger partial charge in [-0.05, 0) is 24.9 Å². The number of nitrogens with zero attached hydrogens (tertiary/aromatic N) is 1. The highest BCUT2D eigenvalue weighted by Crippen LogP contribution is 2.02. The van der Waals surface area contributed by atoms with E-state index in [0.717, 1.165) is 44.8 Å². The Morgan fingerprint density at radius 1 is 1.22 bits per heavy atom. The summed E-state index contributed by atoms with van der Waals surface area (Å²) in [4.78, 5) is 14.3. The number of nitrogens with one attached hydrogen (secondary N) is 1. The van der Waals surface area contributed by atoms with Crippen molar-refractivity contribution >= 4 is 30.7 Å². The molecule has 1 saturated heterocycles. The normalized spacial score (nSPS) is 15.9. The lowest BCUT2D eigenvalue weighted by Gasteiger charge is -2.26. The van der Waals surface area contributed by atoms with Crippen molar-refractivity contribution in [3.05, 3.63) is 35.9 Å². The molecule has 1 fully saturated rings. The highest BCUT2D eigenvalue weighted by atomic mass is 35.5. The molecule has 23 heavy (non-hydrogen) atoms. The van der Waals surface area contributed by atoms with E-state index in [2.05, 4.69) is 10.2 Å². The molecule has 1 amide bonds. The molecule has 0 bridgehead atoms. The molecule has 0 aromatic heterocycles. The van der Waals surface area contributed by atoms with E-state index in [1.54, 1.807) is 0 Å². The Hall–Kier alpha value is -0.850. The SMILES string of the molecule is Cl.Cl.N[C@H](Cc1ccccc1)C(=O)NCCCN1CCOCC1. The maximum Gasteiger partial charge on any atom is 0.237 e. The molecule has 132 valence electrons. The summed E-state index contributed by atoms with van der Waals surface area (Å²) < 4.78 is 5.30. The van der Waals surface area contributed by atoms with Gasteiger partial charge in [0.2, 0.25) is 5.91 Å². The summed E-state index contributed by atoms with van der Waals surface area (Å²) in [5.74, 6) is -0.0687. The molecule has 2 rings (SSSR count). The molecule has 0 spiro atoms. The number of amides is 1. The minimum Gasteiger partial charge on any atom is -0.379 e. The lowest BCUT2D eigenvalue weighted by Crippen LogP contribution is -2.43. The first-order chi connectivity index (χ1) is 10.3. The van der Waals surface area contributed by atoms with Crippen LogP contribution in [0, 0.1) is 0 Å². The van der Waals surface area contributed by atoms with Crippen LogP contribution in [0.4, 0.5) is 0 Å². The molecule has 1 aromatic rings. The van der Waals surface area contributed by atoms with Gasteiger partial charge in [0.15, 0.2) is 0 Å². The molecule has 0 radical (unpaired) electrons. The van der Waals surface area contributed by atoms with Crippen molar-refractivity contribution in [3.63, 3.8) is 0 Å². The molecule has 1 aliphatic heterocycles. The lowest BCUT2D eigenvalue weighted by atomic mass is 10.1. The van der Waals surface area contributed by atoms with Crippen LogP contribution in [-0.2, 0) is 16.0 Å². The quantitative estimate of drug-likeness (QED) is 0.715. The summed E-state index contributed by atoms with van der Waals surface area (Å²) in [5, 5.41) is 2.92. The molecule has 0 unspecified atom stereocenters. The number of rotatable bonds is 7. The van der Waals surface area contributed by atoms with Crippen molar-refractivity contribution in [2.24, 2.45) is 5.73 Å². The van der Waals surface area contributed by atoms with Crippen LogP contribution in [0.5, 0.6) is 0 Å². The number of ether oxygens (including phenoxy) is 1. The van der Waals surface area contributed by atoms with Gasteiger partial charge in [0, 0.05) is 19.6 Å². The van der Waals surface area contributed by atoms with E-state index in [0.29, 0.717) is 13.0 Å². The molecule has 1 atom stereocenters. The first-order valence-electron chi connectivity index (χ1n) is 7.63. The van der Waals surface area contributed by atoms with Crippen LogP contribution in [-0.4, -0.2) is 56.2 Å². The monoisotopic (exact) mass is 363 g/mol. The van der Waals surface area contributed by atoms with Crippen LogP contribution in [0.3, 0.4) is 0 Å². The topological polar surface area (TPSA) is 67.6 Å². The molecule has 5 nitrogen and oxygen atoms in total. The van der Waals surface area contributed by atoms with E-state index < -0.39 is 6.04 Å². The second kappa shape index (κ2) is 12.6. The molecule has 1 heterocycles. The Balaban J connectivity index is 0.00000242. The second-order valence-electron chi connectivity index (χ2n) is 5.39. The Morgan fingerprint density at radius 2 is 1.87 bits per heavy atom. The van der Waals surface area contributed by atoms with Crippen LogP contribution in [0.25, 0.3) is 0 Å².